The Morgan fingerprint density at radius 1 is 0.389 bits per heavy atom. The highest BCUT2D eigenvalue weighted by atomic mass is 14.9. The second-order valence-corrected chi connectivity index (χ2v) is 8.48. The van der Waals surface area contributed by atoms with Gasteiger partial charge in [0.2, 0.25) is 0 Å². The van der Waals surface area contributed by atoms with Gasteiger partial charge in [-0.25, -0.2) is 9.97 Å². The molecule has 0 saturated carbocycles. The first kappa shape index (κ1) is 23.1. The van der Waals surface area contributed by atoms with Crippen LogP contribution in [-0.2, 0) is 0 Å². The highest BCUT2D eigenvalue weighted by Crippen LogP contribution is 2.38. The molecule has 0 saturated heterocycles. The molecule has 36 heavy (non-hydrogen) atoms. The van der Waals surface area contributed by atoms with Gasteiger partial charge in [0.15, 0.2) is 0 Å². The minimum absolute atomic E-state index is 0.838. The standard InChI is InChI=1S/C31H29N5/c1-32-25-15-7-12-22(18-25)29-28(21-10-5-4-6-11-21)35-30(23-13-8-16-26(19-23)33-2)31(36-29)24-14-9-17-27(20-24)34-3/h4-20,32-34H,1-3H3. The molecule has 0 bridgehead atoms. The molecule has 5 heteroatoms. The molecule has 5 nitrogen and oxygen atoms in total. The molecule has 0 radical (unpaired) electrons. The minimum Gasteiger partial charge on any atom is -0.388 e. The van der Waals surface area contributed by atoms with E-state index >= 15 is 0 Å². The lowest BCUT2D eigenvalue weighted by Gasteiger charge is -2.17. The molecule has 0 fully saturated rings. The summed E-state index contributed by atoms with van der Waals surface area (Å²) >= 11 is 0. The Morgan fingerprint density at radius 3 is 1.08 bits per heavy atom. The highest BCUT2D eigenvalue weighted by molar-refractivity contribution is 5.88. The van der Waals surface area contributed by atoms with Gasteiger partial charge in [-0.15, -0.1) is 0 Å². The van der Waals surface area contributed by atoms with Crippen molar-refractivity contribution >= 4 is 17.1 Å². The predicted molar refractivity (Wildman–Crippen MR) is 152 cm³/mol. The van der Waals surface area contributed by atoms with Crippen molar-refractivity contribution in [2.24, 2.45) is 0 Å². The normalized spacial score (nSPS) is 10.6. The maximum Gasteiger partial charge on any atom is 0.0974 e. The Balaban J connectivity index is 1.85. The fraction of sp³-hybridized carbons (Fsp3) is 0.0968. The Morgan fingerprint density at radius 2 is 0.722 bits per heavy atom. The van der Waals surface area contributed by atoms with Crippen LogP contribution >= 0.6 is 0 Å². The molecule has 0 unspecified atom stereocenters. The van der Waals surface area contributed by atoms with Crippen molar-refractivity contribution in [2.45, 2.75) is 0 Å². The molecule has 0 atom stereocenters. The molecule has 1 heterocycles. The lowest BCUT2D eigenvalue weighted by molar-refractivity contribution is 1.21. The zero-order valence-corrected chi connectivity index (χ0v) is 20.7. The summed E-state index contributed by atoms with van der Waals surface area (Å²) in [6.07, 6.45) is 0. The zero-order valence-electron chi connectivity index (χ0n) is 20.7. The molecule has 3 N–H and O–H groups in total. The summed E-state index contributed by atoms with van der Waals surface area (Å²) in [5.41, 5.74) is 10.5. The van der Waals surface area contributed by atoms with Crippen molar-refractivity contribution in [3.05, 3.63) is 103 Å². The average Bonchev–Trinajstić information content (AvgIpc) is 2.97. The van der Waals surface area contributed by atoms with Crippen LogP contribution in [0.5, 0.6) is 0 Å². The third-order valence-electron chi connectivity index (χ3n) is 6.22. The summed E-state index contributed by atoms with van der Waals surface area (Å²) in [6.45, 7) is 0. The van der Waals surface area contributed by atoms with Crippen LogP contribution < -0.4 is 16.0 Å². The summed E-state index contributed by atoms with van der Waals surface area (Å²) in [5.74, 6) is 0. The number of hydrogen-bond donors (Lipinski definition) is 3. The number of aromatic nitrogens is 2. The van der Waals surface area contributed by atoms with Crippen molar-refractivity contribution < 1.29 is 0 Å². The molecule has 0 aliphatic heterocycles. The largest absolute Gasteiger partial charge is 0.388 e. The van der Waals surface area contributed by atoms with Crippen LogP contribution in [0.3, 0.4) is 0 Å². The van der Waals surface area contributed by atoms with E-state index < -0.39 is 0 Å². The fourth-order valence-corrected chi connectivity index (χ4v) is 4.30. The molecular weight excluding hydrogens is 442 g/mol. The molecule has 4 aromatic carbocycles. The molecule has 178 valence electrons. The maximum absolute atomic E-state index is 5.33. The van der Waals surface area contributed by atoms with E-state index in [2.05, 4.69) is 64.5 Å². The van der Waals surface area contributed by atoms with E-state index in [0.717, 1.165) is 62.1 Å². The van der Waals surface area contributed by atoms with Crippen molar-refractivity contribution in [1.29, 1.82) is 0 Å². The summed E-state index contributed by atoms with van der Waals surface area (Å²) in [6, 6.07) is 35.2. The van der Waals surface area contributed by atoms with Gasteiger partial charge >= 0.3 is 0 Å². The first-order valence-corrected chi connectivity index (χ1v) is 12.0. The van der Waals surface area contributed by atoms with Gasteiger partial charge in [0, 0.05) is 60.5 Å². The van der Waals surface area contributed by atoms with E-state index in [-0.39, 0.29) is 0 Å². The van der Waals surface area contributed by atoms with E-state index in [1.807, 2.05) is 75.7 Å². The van der Waals surface area contributed by atoms with Gasteiger partial charge in [0.05, 0.1) is 22.8 Å². The molecule has 1 aromatic heterocycles. The van der Waals surface area contributed by atoms with Crippen molar-refractivity contribution in [3.8, 4) is 45.0 Å². The topological polar surface area (TPSA) is 61.9 Å². The molecule has 0 aliphatic rings. The first-order chi connectivity index (χ1) is 17.7. The van der Waals surface area contributed by atoms with Crippen LogP contribution in [0.4, 0.5) is 17.1 Å². The summed E-state index contributed by atoms with van der Waals surface area (Å²) in [4.78, 5) is 10.7. The van der Waals surface area contributed by atoms with Crippen molar-refractivity contribution in [3.63, 3.8) is 0 Å². The predicted octanol–water partition coefficient (Wildman–Crippen LogP) is 7.27. The third kappa shape index (κ3) is 4.64. The van der Waals surface area contributed by atoms with Crippen LogP contribution in [0.25, 0.3) is 45.0 Å². The number of nitrogens with one attached hydrogen (secondary N) is 3. The number of hydrogen-bond acceptors (Lipinski definition) is 5. The van der Waals surface area contributed by atoms with E-state index in [1.165, 1.54) is 0 Å². The number of nitrogens with zero attached hydrogens (tertiary/aromatic N) is 2. The van der Waals surface area contributed by atoms with E-state index in [0.29, 0.717) is 0 Å². The SMILES string of the molecule is CNc1cccc(-c2nc(-c3cccc(NC)c3)c(-c3cccc(NC)c3)nc2-c2ccccc2)c1. The van der Waals surface area contributed by atoms with E-state index in [9.17, 15) is 0 Å². The summed E-state index contributed by atoms with van der Waals surface area (Å²) in [5, 5.41) is 9.74. The smallest absolute Gasteiger partial charge is 0.0974 e. The van der Waals surface area contributed by atoms with Gasteiger partial charge in [0.25, 0.3) is 0 Å². The minimum atomic E-state index is 0.838. The Kier molecular flexibility index (Phi) is 6.63. The monoisotopic (exact) mass is 471 g/mol. The van der Waals surface area contributed by atoms with Crippen molar-refractivity contribution in [1.82, 2.24) is 9.97 Å². The van der Waals surface area contributed by atoms with Gasteiger partial charge < -0.3 is 16.0 Å². The van der Waals surface area contributed by atoms with Crippen LogP contribution in [-0.4, -0.2) is 31.1 Å². The van der Waals surface area contributed by atoms with Gasteiger partial charge in [-0.2, -0.15) is 0 Å². The number of anilines is 3. The lowest BCUT2D eigenvalue weighted by Crippen LogP contribution is -2.02. The molecular formula is C31H29N5. The molecule has 0 spiro atoms. The first-order valence-electron chi connectivity index (χ1n) is 12.0. The van der Waals surface area contributed by atoms with Gasteiger partial charge in [-0.1, -0.05) is 66.7 Å². The van der Waals surface area contributed by atoms with E-state index in [1.54, 1.807) is 0 Å². The van der Waals surface area contributed by atoms with Crippen LogP contribution in [0.15, 0.2) is 103 Å². The lowest BCUT2D eigenvalue weighted by atomic mass is 9.98. The quantitative estimate of drug-likeness (QED) is 0.233. The average molecular weight is 472 g/mol. The second-order valence-electron chi connectivity index (χ2n) is 8.48. The molecule has 0 amide bonds. The summed E-state index contributed by atoms with van der Waals surface area (Å²) in [7, 11) is 5.78. The molecule has 5 aromatic rings. The number of benzene rings is 4. The highest BCUT2D eigenvalue weighted by Gasteiger charge is 2.20. The van der Waals surface area contributed by atoms with E-state index in [4.69, 9.17) is 9.97 Å². The summed E-state index contributed by atoms with van der Waals surface area (Å²) < 4.78 is 0. The second kappa shape index (κ2) is 10.3. The van der Waals surface area contributed by atoms with Crippen LogP contribution in [0.2, 0.25) is 0 Å². The Hall–Kier alpha value is -4.64. The fourth-order valence-electron chi connectivity index (χ4n) is 4.30. The van der Waals surface area contributed by atoms with Crippen molar-refractivity contribution in [2.75, 3.05) is 37.1 Å². The molecule has 5 rings (SSSR count). The number of rotatable bonds is 7. The Bertz CT molecular complexity index is 1490. The Labute approximate surface area is 212 Å². The maximum atomic E-state index is 5.33. The van der Waals surface area contributed by atoms with Gasteiger partial charge in [-0.05, 0) is 36.4 Å². The van der Waals surface area contributed by atoms with Crippen LogP contribution in [0.1, 0.15) is 0 Å². The van der Waals surface area contributed by atoms with Gasteiger partial charge in [-0.3, -0.25) is 0 Å². The van der Waals surface area contributed by atoms with Crippen LogP contribution in [0, 0.1) is 0 Å². The molecule has 0 aliphatic carbocycles. The van der Waals surface area contributed by atoms with Gasteiger partial charge in [0.1, 0.15) is 0 Å². The third-order valence-corrected chi connectivity index (χ3v) is 6.22. The zero-order chi connectivity index (χ0) is 24.9.